The maximum Gasteiger partial charge on any atom is 0.202 e. The molecule has 11 heavy (non-hydrogen) atoms. The smallest absolute Gasteiger partial charge is 0.202 e. The maximum absolute atomic E-state index is 11.2. The van der Waals surface area contributed by atoms with Gasteiger partial charge in [0.2, 0.25) is 4.33 Å². The van der Waals surface area contributed by atoms with E-state index in [9.17, 15) is 4.79 Å². The van der Waals surface area contributed by atoms with Gasteiger partial charge in [0.05, 0.1) is 5.92 Å². The number of hydrogen-bond donors (Lipinski definition) is 0. The first kappa shape index (κ1) is 7.84. The van der Waals surface area contributed by atoms with Gasteiger partial charge in [0.1, 0.15) is 6.10 Å². The lowest BCUT2D eigenvalue weighted by Gasteiger charge is -2.47. The van der Waals surface area contributed by atoms with Gasteiger partial charge < -0.3 is 4.74 Å². The topological polar surface area (TPSA) is 26.3 Å². The minimum Gasteiger partial charge on any atom is -0.374 e. The molecule has 0 aromatic rings. The average molecular weight is 195 g/mol. The first-order valence-electron chi connectivity index (χ1n) is 3.68. The second-order valence-corrected chi connectivity index (χ2v) is 4.41. The van der Waals surface area contributed by atoms with E-state index in [1.54, 1.807) is 0 Å². The van der Waals surface area contributed by atoms with Crippen molar-refractivity contribution in [2.24, 2.45) is 5.92 Å². The number of Topliss-reactive ketones (excluding diaryl/α,β-unsaturated/α-hetero) is 1. The van der Waals surface area contributed by atoms with Crippen LogP contribution < -0.4 is 0 Å². The van der Waals surface area contributed by atoms with Crippen molar-refractivity contribution in [1.29, 1.82) is 0 Å². The summed E-state index contributed by atoms with van der Waals surface area (Å²) in [5, 5.41) is 0. The van der Waals surface area contributed by atoms with Crippen LogP contribution in [0, 0.1) is 5.92 Å². The Balaban J connectivity index is 2.15. The normalized spacial score (nSPS) is 41.1. The summed E-state index contributed by atoms with van der Waals surface area (Å²) in [6.45, 7) is 0.676. The van der Waals surface area contributed by atoms with Crippen LogP contribution in [0.1, 0.15) is 12.8 Å². The third-order valence-corrected chi connectivity index (χ3v) is 3.15. The predicted molar refractivity (Wildman–Crippen MR) is 41.9 cm³/mol. The Labute approximate surface area is 74.8 Å². The lowest BCUT2D eigenvalue weighted by atomic mass is 9.75. The zero-order valence-electron chi connectivity index (χ0n) is 5.85. The number of ketones is 1. The summed E-state index contributed by atoms with van der Waals surface area (Å²) in [4.78, 5) is 11.2. The molecular weight excluding hydrogens is 187 g/mol. The molecule has 0 N–H and O–H groups in total. The molecule has 1 saturated heterocycles. The third kappa shape index (κ3) is 0.930. The molecule has 0 spiro atoms. The maximum atomic E-state index is 11.2. The number of rotatable bonds is 0. The Morgan fingerprint density at radius 3 is 2.91 bits per heavy atom. The van der Waals surface area contributed by atoms with Crippen LogP contribution in [-0.2, 0) is 9.53 Å². The van der Waals surface area contributed by atoms with Gasteiger partial charge in [-0.05, 0) is 12.8 Å². The van der Waals surface area contributed by atoms with Crippen LogP contribution in [0.4, 0.5) is 0 Å². The number of hydrogen-bond acceptors (Lipinski definition) is 2. The van der Waals surface area contributed by atoms with Gasteiger partial charge in [-0.15, -0.1) is 0 Å². The van der Waals surface area contributed by atoms with Gasteiger partial charge in [-0.1, -0.05) is 23.2 Å². The standard InChI is InChI=1S/C7H8Cl2O2/c8-7(9)5(10)4-2-1-3-11-6(4)7/h4,6H,1-3H2. The summed E-state index contributed by atoms with van der Waals surface area (Å²) in [7, 11) is 0. The SMILES string of the molecule is O=C1C2CCCOC2C1(Cl)Cl. The summed E-state index contributed by atoms with van der Waals surface area (Å²) in [6, 6.07) is 0. The van der Waals surface area contributed by atoms with Crippen LogP contribution in [0.15, 0.2) is 0 Å². The summed E-state index contributed by atoms with van der Waals surface area (Å²) in [6.07, 6.45) is 1.58. The summed E-state index contributed by atoms with van der Waals surface area (Å²) < 4.78 is 4.03. The van der Waals surface area contributed by atoms with Crippen LogP contribution in [0.5, 0.6) is 0 Å². The molecule has 1 saturated carbocycles. The van der Waals surface area contributed by atoms with Crippen LogP contribution in [0.25, 0.3) is 0 Å². The van der Waals surface area contributed by atoms with Crippen LogP contribution in [0.2, 0.25) is 0 Å². The van der Waals surface area contributed by atoms with Crippen molar-refractivity contribution in [1.82, 2.24) is 0 Å². The molecule has 0 bridgehead atoms. The molecule has 2 aliphatic rings. The Morgan fingerprint density at radius 1 is 1.55 bits per heavy atom. The van der Waals surface area contributed by atoms with Crippen LogP contribution >= 0.6 is 23.2 Å². The van der Waals surface area contributed by atoms with Gasteiger partial charge >= 0.3 is 0 Å². The molecule has 2 nitrogen and oxygen atoms in total. The third-order valence-electron chi connectivity index (χ3n) is 2.34. The average Bonchev–Trinajstić information content (AvgIpc) is 2.04. The van der Waals surface area contributed by atoms with E-state index >= 15 is 0 Å². The zero-order valence-corrected chi connectivity index (χ0v) is 7.36. The Morgan fingerprint density at radius 2 is 2.27 bits per heavy atom. The molecule has 62 valence electrons. The van der Waals surface area contributed by atoms with Crippen LogP contribution in [0.3, 0.4) is 0 Å². The van der Waals surface area contributed by atoms with Crippen molar-refractivity contribution in [3.63, 3.8) is 0 Å². The van der Waals surface area contributed by atoms with Gasteiger partial charge in [0.15, 0.2) is 5.78 Å². The predicted octanol–water partition coefficient (Wildman–Crippen LogP) is 1.54. The van der Waals surface area contributed by atoms with E-state index in [0.29, 0.717) is 6.61 Å². The summed E-state index contributed by atoms with van der Waals surface area (Å²) >= 11 is 11.4. The van der Waals surface area contributed by atoms with Crippen molar-refractivity contribution in [2.45, 2.75) is 23.3 Å². The highest BCUT2D eigenvalue weighted by Crippen LogP contribution is 2.48. The zero-order chi connectivity index (χ0) is 8.06. The molecule has 2 unspecified atom stereocenters. The number of ether oxygens (including phenoxy) is 1. The minimum atomic E-state index is -1.24. The van der Waals surface area contributed by atoms with Crippen molar-refractivity contribution < 1.29 is 9.53 Å². The van der Waals surface area contributed by atoms with E-state index in [-0.39, 0.29) is 17.8 Å². The number of alkyl halides is 2. The molecular formula is C7H8Cl2O2. The van der Waals surface area contributed by atoms with Crippen molar-refractivity contribution in [3.05, 3.63) is 0 Å². The molecule has 1 heterocycles. The quantitative estimate of drug-likeness (QED) is 0.548. The second kappa shape index (κ2) is 2.35. The van der Waals surface area contributed by atoms with Crippen molar-refractivity contribution >= 4 is 29.0 Å². The minimum absolute atomic E-state index is 0.0289. The molecule has 0 amide bonds. The highest BCUT2D eigenvalue weighted by atomic mass is 35.5. The molecule has 2 rings (SSSR count). The fraction of sp³-hybridized carbons (Fsp3) is 0.857. The molecule has 0 radical (unpaired) electrons. The molecule has 0 aromatic carbocycles. The molecule has 1 aliphatic heterocycles. The Kier molecular flexibility index (Phi) is 1.67. The van der Waals surface area contributed by atoms with E-state index < -0.39 is 4.33 Å². The highest BCUT2D eigenvalue weighted by molar-refractivity contribution is 6.61. The lowest BCUT2D eigenvalue weighted by Crippen LogP contribution is -2.63. The number of carbonyl (C=O) groups is 1. The second-order valence-electron chi connectivity index (χ2n) is 3.03. The largest absolute Gasteiger partial charge is 0.374 e. The number of fused-ring (bicyclic) bond motifs is 1. The van der Waals surface area contributed by atoms with Crippen molar-refractivity contribution in [2.75, 3.05) is 6.61 Å². The summed E-state index contributed by atoms with van der Waals surface area (Å²) in [5.41, 5.74) is 0. The Hall–Kier alpha value is 0.210. The van der Waals surface area contributed by atoms with Gasteiger partial charge in [0.25, 0.3) is 0 Å². The fourth-order valence-corrected chi connectivity index (χ4v) is 2.41. The van der Waals surface area contributed by atoms with Crippen molar-refractivity contribution in [3.8, 4) is 0 Å². The van der Waals surface area contributed by atoms with E-state index in [2.05, 4.69) is 0 Å². The first-order chi connectivity index (χ1) is 5.14. The summed E-state index contributed by atoms with van der Waals surface area (Å²) in [5.74, 6) is -0.0933. The van der Waals surface area contributed by atoms with E-state index in [0.717, 1.165) is 12.8 Å². The van der Waals surface area contributed by atoms with Crippen LogP contribution in [-0.4, -0.2) is 22.8 Å². The fourth-order valence-electron chi connectivity index (χ4n) is 1.70. The molecule has 2 fully saturated rings. The lowest BCUT2D eigenvalue weighted by molar-refractivity contribution is -0.154. The van der Waals surface area contributed by atoms with Gasteiger partial charge in [-0.2, -0.15) is 0 Å². The van der Waals surface area contributed by atoms with Gasteiger partial charge in [-0.25, -0.2) is 0 Å². The Bertz CT molecular complexity index is 203. The molecule has 2 atom stereocenters. The van der Waals surface area contributed by atoms with E-state index in [1.807, 2.05) is 0 Å². The van der Waals surface area contributed by atoms with Gasteiger partial charge in [0, 0.05) is 6.61 Å². The highest BCUT2D eigenvalue weighted by Gasteiger charge is 2.62. The van der Waals surface area contributed by atoms with Gasteiger partial charge in [-0.3, -0.25) is 4.79 Å². The molecule has 4 heteroatoms. The van der Waals surface area contributed by atoms with E-state index in [1.165, 1.54) is 0 Å². The number of carbonyl (C=O) groups excluding carboxylic acids is 1. The van der Waals surface area contributed by atoms with E-state index in [4.69, 9.17) is 27.9 Å². The number of halogens is 2. The first-order valence-corrected chi connectivity index (χ1v) is 4.43. The molecule has 1 aliphatic carbocycles. The monoisotopic (exact) mass is 194 g/mol. The molecule has 0 aromatic heterocycles.